The van der Waals surface area contributed by atoms with Crippen molar-refractivity contribution in [1.29, 1.82) is 0 Å². The first-order chi connectivity index (χ1) is 8.07. The zero-order valence-corrected chi connectivity index (χ0v) is 12.5. The lowest BCUT2D eigenvalue weighted by Crippen LogP contribution is -2.42. The van der Waals surface area contributed by atoms with Crippen LogP contribution < -0.4 is 10.6 Å². The van der Waals surface area contributed by atoms with E-state index >= 15 is 0 Å². The van der Waals surface area contributed by atoms with Gasteiger partial charge >= 0.3 is 0 Å². The van der Waals surface area contributed by atoms with Gasteiger partial charge in [-0.05, 0) is 42.5 Å². The molecule has 0 aliphatic carbocycles. The van der Waals surface area contributed by atoms with Crippen LogP contribution in [0.3, 0.4) is 0 Å². The van der Waals surface area contributed by atoms with Crippen LogP contribution in [0.2, 0.25) is 0 Å². The first-order valence-electron chi connectivity index (χ1n) is 5.58. The van der Waals surface area contributed by atoms with Crippen molar-refractivity contribution in [2.24, 2.45) is 4.99 Å². The molecule has 1 aromatic heterocycles. The van der Waals surface area contributed by atoms with Gasteiger partial charge in [-0.25, -0.2) is 0 Å². The third-order valence-electron chi connectivity index (χ3n) is 2.50. The molecule has 17 heavy (non-hydrogen) atoms. The van der Waals surface area contributed by atoms with Crippen LogP contribution >= 0.6 is 23.1 Å². The highest BCUT2D eigenvalue weighted by Gasteiger charge is 2.15. The van der Waals surface area contributed by atoms with E-state index in [-0.39, 0.29) is 4.75 Å². The number of nitrogens with zero attached hydrogens (tertiary/aromatic N) is 1. The molecule has 3 nitrogen and oxygen atoms in total. The molecule has 2 N–H and O–H groups in total. The Morgan fingerprint density at radius 2 is 2.24 bits per heavy atom. The maximum absolute atomic E-state index is 4.21. The summed E-state index contributed by atoms with van der Waals surface area (Å²) in [6, 6.07) is 2.12. The molecular formula is C12H21N3S2. The predicted octanol–water partition coefficient (Wildman–Crippen LogP) is 2.55. The van der Waals surface area contributed by atoms with E-state index < -0.39 is 0 Å². The highest BCUT2D eigenvalue weighted by Crippen LogP contribution is 2.19. The number of rotatable bonds is 5. The van der Waals surface area contributed by atoms with Crippen LogP contribution in [0.4, 0.5) is 0 Å². The molecule has 0 unspecified atom stereocenters. The fourth-order valence-corrected chi connectivity index (χ4v) is 2.05. The van der Waals surface area contributed by atoms with Gasteiger partial charge in [-0.1, -0.05) is 0 Å². The summed E-state index contributed by atoms with van der Waals surface area (Å²) < 4.78 is 0.222. The molecule has 0 aromatic carbocycles. The Kier molecular flexibility index (Phi) is 5.85. The van der Waals surface area contributed by atoms with Gasteiger partial charge < -0.3 is 10.6 Å². The fourth-order valence-electron chi connectivity index (χ4n) is 1.17. The van der Waals surface area contributed by atoms with Gasteiger partial charge in [-0.2, -0.15) is 23.1 Å². The zero-order valence-electron chi connectivity index (χ0n) is 10.9. The molecule has 0 saturated heterocycles. The minimum atomic E-state index is 0.222. The second-order valence-corrected chi connectivity index (χ2v) is 6.67. The van der Waals surface area contributed by atoms with Crippen molar-refractivity contribution in [3.63, 3.8) is 0 Å². The lowest BCUT2D eigenvalue weighted by Gasteiger charge is -2.23. The van der Waals surface area contributed by atoms with Crippen molar-refractivity contribution in [2.45, 2.75) is 25.1 Å². The normalized spacial score (nSPS) is 12.6. The third-order valence-corrected chi connectivity index (χ3v) is 4.48. The van der Waals surface area contributed by atoms with Gasteiger partial charge in [0.05, 0.1) is 0 Å². The van der Waals surface area contributed by atoms with E-state index in [0.29, 0.717) is 0 Å². The van der Waals surface area contributed by atoms with Crippen LogP contribution in [0.5, 0.6) is 0 Å². The van der Waals surface area contributed by atoms with Crippen LogP contribution in [0.15, 0.2) is 21.8 Å². The number of aliphatic imine (C=N–C) groups is 1. The number of guanidine groups is 1. The highest BCUT2D eigenvalue weighted by molar-refractivity contribution is 7.99. The van der Waals surface area contributed by atoms with Crippen LogP contribution in [-0.4, -0.2) is 30.6 Å². The fraction of sp³-hybridized carbons (Fsp3) is 0.583. The van der Waals surface area contributed by atoms with E-state index in [1.165, 1.54) is 5.56 Å². The van der Waals surface area contributed by atoms with E-state index in [4.69, 9.17) is 0 Å². The molecule has 1 aromatic rings. The van der Waals surface area contributed by atoms with E-state index in [1.54, 1.807) is 18.4 Å². The monoisotopic (exact) mass is 271 g/mol. The Morgan fingerprint density at radius 3 is 2.76 bits per heavy atom. The number of thiophene rings is 1. The summed E-state index contributed by atoms with van der Waals surface area (Å²) in [5, 5.41) is 10.9. The van der Waals surface area contributed by atoms with Crippen molar-refractivity contribution >= 4 is 29.1 Å². The number of thioether (sulfide) groups is 1. The topological polar surface area (TPSA) is 36.4 Å². The molecule has 96 valence electrons. The van der Waals surface area contributed by atoms with E-state index in [0.717, 1.165) is 19.0 Å². The maximum Gasteiger partial charge on any atom is 0.191 e. The van der Waals surface area contributed by atoms with Crippen LogP contribution in [-0.2, 0) is 6.54 Å². The molecule has 5 heteroatoms. The summed E-state index contributed by atoms with van der Waals surface area (Å²) in [7, 11) is 1.80. The minimum absolute atomic E-state index is 0.222. The lowest BCUT2D eigenvalue weighted by atomic mass is 10.2. The summed E-state index contributed by atoms with van der Waals surface area (Å²) in [6.45, 7) is 6.16. The predicted molar refractivity (Wildman–Crippen MR) is 80.1 cm³/mol. The molecule has 0 fully saturated rings. The van der Waals surface area contributed by atoms with Crippen molar-refractivity contribution in [1.82, 2.24) is 10.6 Å². The van der Waals surface area contributed by atoms with Gasteiger partial charge in [0, 0.05) is 24.9 Å². The molecule has 0 aliphatic heterocycles. The molecule has 0 bridgehead atoms. The quantitative estimate of drug-likeness (QED) is 0.638. The van der Waals surface area contributed by atoms with Gasteiger partial charge in [-0.15, -0.1) is 0 Å². The van der Waals surface area contributed by atoms with E-state index in [1.807, 2.05) is 11.8 Å². The third kappa shape index (κ3) is 5.46. The van der Waals surface area contributed by atoms with Gasteiger partial charge in [0.2, 0.25) is 0 Å². The average Bonchev–Trinajstić information content (AvgIpc) is 2.82. The number of hydrogen-bond acceptors (Lipinski definition) is 3. The molecule has 1 rings (SSSR count). The van der Waals surface area contributed by atoms with Crippen LogP contribution in [0, 0.1) is 0 Å². The lowest BCUT2D eigenvalue weighted by molar-refractivity contribution is 0.664. The van der Waals surface area contributed by atoms with Gasteiger partial charge in [0.15, 0.2) is 5.96 Å². The Bertz CT molecular complexity index is 345. The molecular weight excluding hydrogens is 250 g/mol. The Hall–Kier alpha value is -0.680. The average molecular weight is 271 g/mol. The molecule has 0 saturated carbocycles. The number of nitrogens with one attached hydrogen (secondary N) is 2. The van der Waals surface area contributed by atoms with Gasteiger partial charge in [-0.3, -0.25) is 4.99 Å². The summed E-state index contributed by atoms with van der Waals surface area (Å²) in [6.07, 6.45) is 2.13. The molecule has 0 aliphatic rings. The summed E-state index contributed by atoms with van der Waals surface area (Å²) in [5.41, 5.74) is 1.29. The highest BCUT2D eigenvalue weighted by atomic mass is 32.2. The molecule has 0 spiro atoms. The summed E-state index contributed by atoms with van der Waals surface area (Å²) >= 11 is 3.57. The second-order valence-electron chi connectivity index (χ2n) is 4.37. The largest absolute Gasteiger partial charge is 0.355 e. The van der Waals surface area contributed by atoms with Gasteiger partial charge in [0.25, 0.3) is 0 Å². The smallest absolute Gasteiger partial charge is 0.191 e. The SMILES string of the molecule is CN=C(NCc1ccsc1)NCC(C)(C)SC. The molecule has 0 radical (unpaired) electrons. The Labute approximate surface area is 112 Å². The summed E-state index contributed by atoms with van der Waals surface area (Å²) in [5.74, 6) is 0.860. The molecule has 0 atom stereocenters. The van der Waals surface area contributed by atoms with Crippen molar-refractivity contribution in [3.8, 4) is 0 Å². The summed E-state index contributed by atoms with van der Waals surface area (Å²) in [4.78, 5) is 4.21. The maximum atomic E-state index is 4.21. The van der Waals surface area contributed by atoms with Crippen molar-refractivity contribution < 1.29 is 0 Å². The molecule has 1 heterocycles. The number of hydrogen-bond donors (Lipinski definition) is 2. The first-order valence-corrected chi connectivity index (χ1v) is 7.75. The second kappa shape index (κ2) is 6.91. The standard InChI is InChI=1S/C12H21N3S2/c1-12(2,16-4)9-15-11(13-3)14-7-10-5-6-17-8-10/h5-6,8H,7,9H2,1-4H3,(H2,13,14,15). The first kappa shape index (κ1) is 14.4. The van der Waals surface area contributed by atoms with E-state index in [2.05, 4.69) is 52.6 Å². The van der Waals surface area contributed by atoms with Crippen molar-refractivity contribution in [3.05, 3.63) is 22.4 Å². The van der Waals surface area contributed by atoms with Crippen molar-refractivity contribution in [2.75, 3.05) is 19.8 Å². The zero-order chi connectivity index (χ0) is 12.7. The van der Waals surface area contributed by atoms with Crippen LogP contribution in [0.25, 0.3) is 0 Å². The van der Waals surface area contributed by atoms with Gasteiger partial charge in [0.1, 0.15) is 0 Å². The Balaban J connectivity index is 2.35. The van der Waals surface area contributed by atoms with Crippen LogP contribution in [0.1, 0.15) is 19.4 Å². The Morgan fingerprint density at radius 1 is 1.47 bits per heavy atom. The van der Waals surface area contributed by atoms with E-state index in [9.17, 15) is 0 Å². The minimum Gasteiger partial charge on any atom is -0.355 e. The molecule has 0 amide bonds.